The van der Waals surface area contributed by atoms with Gasteiger partial charge in [-0.25, -0.2) is 4.98 Å². The van der Waals surface area contributed by atoms with Crippen LogP contribution in [0.5, 0.6) is 17.4 Å². The Morgan fingerprint density at radius 3 is 2.69 bits per heavy atom. The molecule has 8 nitrogen and oxygen atoms in total. The number of aromatic nitrogens is 1. The van der Waals surface area contributed by atoms with E-state index in [0.717, 1.165) is 74.9 Å². The average molecular weight is 606 g/mol. The molecule has 1 saturated heterocycles. The van der Waals surface area contributed by atoms with Gasteiger partial charge in [0.1, 0.15) is 12.4 Å². The lowest BCUT2D eigenvalue weighted by atomic mass is 9.89. The van der Waals surface area contributed by atoms with Crippen molar-refractivity contribution in [3.05, 3.63) is 82.6 Å². The Morgan fingerprint density at radius 1 is 0.978 bits per heavy atom. The zero-order valence-corrected chi connectivity index (χ0v) is 26.6. The third-order valence-electron chi connectivity index (χ3n) is 10.6. The number of fused-ring (bicyclic) bond motifs is 7. The molecule has 0 bridgehead atoms. The van der Waals surface area contributed by atoms with Crippen LogP contribution in [0.25, 0.3) is 0 Å². The third kappa shape index (κ3) is 4.94. The lowest BCUT2D eigenvalue weighted by Gasteiger charge is -2.49. The molecular formula is C37H43N5O3. The first-order valence-electron chi connectivity index (χ1n) is 16.7. The quantitative estimate of drug-likeness (QED) is 0.375. The Kier molecular flexibility index (Phi) is 7.20. The molecule has 45 heavy (non-hydrogen) atoms. The van der Waals surface area contributed by atoms with Crippen LogP contribution in [0.3, 0.4) is 0 Å². The number of ether oxygens (including phenoxy) is 2. The van der Waals surface area contributed by atoms with Crippen LogP contribution in [-0.4, -0.2) is 72.6 Å². The van der Waals surface area contributed by atoms with Gasteiger partial charge in [-0.15, -0.1) is 0 Å². The van der Waals surface area contributed by atoms with Gasteiger partial charge in [0.2, 0.25) is 11.7 Å². The molecule has 234 valence electrons. The molecule has 0 spiro atoms. The lowest BCUT2D eigenvalue weighted by molar-refractivity contribution is -0.129. The van der Waals surface area contributed by atoms with Crippen molar-refractivity contribution >= 4 is 17.3 Å². The van der Waals surface area contributed by atoms with Crippen molar-refractivity contribution < 1.29 is 14.3 Å². The van der Waals surface area contributed by atoms with E-state index in [1.807, 2.05) is 4.90 Å². The van der Waals surface area contributed by atoms with Gasteiger partial charge in [0, 0.05) is 55.6 Å². The second-order valence-electron chi connectivity index (χ2n) is 13.5. The predicted molar refractivity (Wildman–Crippen MR) is 177 cm³/mol. The summed E-state index contributed by atoms with van der Waals surface area (Å²) in [7, 11) is 2.17. The molecule has 1 amide bonds. The number of amides is 1. The molecule has 0 unspecified atom stereocenters. The number of rotatable bonds is 4. The first kappa shape index (κ1) is 28.4. The number of anilines is 2. The number of benzene rings is 2. The number of pyridine rings is 1. The van der Waals surface area contributed by atoms with E-state index in [1.54, 1.807) is 0 Å². The van der Waals surface area contributed by atoms with E-state index >= 15 is 0 Å². The first-order valence-corrected chi connectivity index (χ1v) is 16.7. The summed E-state index contributed by atoms with van der Waals surface area (Å²) < 4.78 is 13.4. The monoisotopic (exact) mass is 605 g/mol. The molecule has 5 heterocycles. The van der Waals surface area contributed by atoms with Gasteiger partial charge >= 0.3 is 0 Å². The topological polar surface area (TPSA) is 61.4 Å². The molecule has 8 heteroatoms. The summed E-state index contributed by atoms with van der Waals surface area (Å²) in [5.41, 5.74) is 10.4. The van der Waals surface area contributed by atoms with Crippen molar-refractivity contribution in [3.63, 3.8) is 0 Å². The first-order chi connectivity index (χ1) is 22.0. The van der Waals surface area contributed by atoms with Crippen LogP contribution in [0.1, 0.15) is 53.3 Å². The van der Waals surface area contributed by atoms with Gasteiger partial charge in [0.25, 0.3) is 5.88 Å². The van der Waals surface area contributed by atoms with E-state index in [0.29, 0.717) is 19.0 Å². The molecule has 5 aliphatic rings. The van der Waals surface area contributed by atoms with E-state index in [-0.39, 0.29) is 18.0 Å². The van der Waals surface area contributed by atoms with E-state index in [2.05, 4.69) is 71.6 Å². The number of hydrogen-bond acceptors (Lipinski definition) is 7. The van der Waals surface area contributed by atoms with Crippen molar-refractivity contribution in [2.45, 2.75) is 70.6 Å². The molecule has 0 radical (unpaired) electrons. The number of piperazine rings is 1. The van der Waals surface area contributed by atoms with Gasteiger partial charge < -0.3 is 29.1 Å². The summed E-state index contributed by atoms with van der Waals surface area (Å²) in [6.07, 6.45) is 8.11. The van der Waals surface area contributed by atoms with Crippen LogP contribution >= 0.6 is 0 Å². The zero-order valence-electron chi connectivity index (χ0n) is 26.6. The maximum atomic E-state index is 12.7. The molecule has 0 N–H and O–H groups in total. The fraction of sp³-hybridized carbons (Fsp3) is 0.459. The number of carbonyl (C=O) groups is 1. The van der Waals surface area contributed by atoms with Gasteiger partial charge in [-0.05, 0) is 87.4 Å². The van der Waals surface area contributed by atoms with Crippen LogP contribution in [0.2, 0.25) is 0 Å². The molecule has 0 saturated carbocycles. The van der Waals surface area contributed by atoms with Gasteiger partial charge in [0.15, 0.2) is 0 Å². The van der Waals surface area contributed by atoms with Crippen molar-refractivity contribution in [1.29, 1.82) is 0 Å². The summed E-state index contributed by atoms with van der Waals surface area (Å²) in [5, 5.41) is 0. The highest BCUT2D eigenvalue weighted by Crippen LogP contribution is 2.49. The second-order valence-corrected chi connectivity index (χ2v) is 13.5. The molecule has 2 atom stereocenters. The minimum atomic E-state index is -0.0185. The minimum absolute atomic E-state index is 0.0185. The fourth-order valence-electron chi connectivity index (χ4n) is 8.26. The number of carbonyl (C=O) groups excluding carboxylic acids is 1. The Labute approximate surface area is 266 Å². The minimum Gasteiger partial charge on any atom is -0.484 e. The number of hydrogen-bond donors (Lipinski definition) is 0. The smallest absolute Gasteiger partial charge is 0.265 e. The maximum Gasteiger partial charge on any atom is 0.265 e. The predicted octanol–water partition coefficient (Wildman–Crippen LogP) is 5.29. The molecule has 2 aromatic carbocycles. The highest BCUT2D eigenvalue weighted by atomic mass is 16.5. The van der Waals surface area contributed by atoms with Crippen LogP contribution in [0.4, 0.5) is 11.4 Å². The fourth-order valence-corrected chi connectivity index (χ4v) is 8.26. The Bertz CT molecular complexity index is 1670. The molecule has 3 aromatic rings. The van der Waals surface area contributed by atoms with Gasteiger partial charge in [-0.3, -0.25) is 4.79 Å². The molecular weight excluding hydrogens is 562 g/mol. The van der Waals surface area contributed by atoms with Crippen LogP contribution in [0, 0.1) is 0 Å². The second kappa shape index (κ2) is 11.4. The van der Waals surface area contributed by atoms with Crippen molar-refractivity contribution in [1.82, 2.24) is 14.8 Å². The highest BCUT2D eigenvalue weighted by Gasteiger charge is 2.42. The van der Waals surface area contributed by atoms with E-state index in [9.17, 15) is 4.79 Å². The summed E-state index contributed by atoms with van der Waals surface area (Å²) >= 11 is 0. The molecule has 1 fully saturated rings. The van der Waals surface area contributed by atoms with Gasteiger partial charge in [0.05, 0.1) is 24.0 Å². The van der Waals surface area contributed by atoms with Crippen LogP contribution in [0.15, 0.2) is 49.1 Å². The summed E-state index contributed by atoms with van der Waals surface area (Å²) in [6, 6.07) is 13.3. The Balaban J connectivity index is 1.21. The SMILES string of the molecule is C=CC(=O)N1C[C@@H]2COc3c(Oc4cccc5c4CCN(C)C5)nc4c(c3N2C[C@H]1C)CCN(c1cccc2c1CCCC2)C4. The molecule has 1 aromatic heterocycles. The number of likely N-dealkylation sites (N-methyl/N-ethyl adjacent to an activating group) is 1. The summed E-state index contributed by atoms with van der Waals surface area (Å²) in [5.74, 6) is 2.16. The molecule has 4 aliphatic heterocycles. The normalized spacial score (nSPS) is 22.3. The zero-order chi connectivity index (χ0) is 30.7. The molecule has 1 aliphatic carbocycles. The average Bonchev–Trinajstić information content (AvgIpc) is 3.07. The Morgan fingerprint density at radius 2 is 1.80 bits per heavy atom. The highest BCUT2D eigenvalue weighted by molar-refractivity contribution is 5.87. The largest absolute Gasteiger partial charge is 0.484 e. The van der Waals surface area contributed by atoms with E-state index in [4.69, 9.17) is 14.5 Å². The lowest BCUT2D eigenvalue weighted by Crippen LogP contribution is -2.62. The van der Waals surface area contributed by atoms with Crippen LogP contribution in [-0.2, 0) is 43.6 Å². The summed E-state index contributed by atoms with van der Waals surface area (Å²) in [4.78, 5) is 27.3. The summed E-state index contributed by atoms with van der Waals surface area (Å²) in [6.45, 7) is 11.3. The van der Waals surface area contributed by atoms with Crippen molar-refractivity contribution in [3.8, 4) is 17.4 Å². The van der Waals surface area contributed by atoms with Gasteiger partial charge in [-0.2, -0.15) is 0 Å². The number of nitrogens with zero attached hydrogens (tertiary/aromatic N) is 5. The number of aryl methyl sites for hydroxylation is 1. The van der Waals surface area contributed by atoms with E-state index in [1.165, 1.54) is 58.8 Å². The molecule has 8 rings (SSSR count). The van der Waals surface area contributed by atoms with Crippen LogP contribution < -0.4 is 19.3 Å². The van der Waals surface area contributed by atoms with E-state index < -0.39 is 0 Å². The van der Waals surface area contributed by atoms with Crippen molar-refractivity contribution in [2.24, 2.45) is 0 Å². The van der Waals surface area contributed by atoms with Gasteiger partial charge in [-0.1, -0.05) is 30.8 Å². The Hall–Kier alpha value is -4.04. The standard InChI is InChI=1S/C37H43N5O3/c1-4-34(43)41-21-27-23-44-36-35(42(27)19-24(41)2)30-16-18-40(32-13-7-10-25-9-5-6-12-28(25)32)22-31(30)38-37(36)45-33-14-8-11-26-20-39(3)17-15-29(26)33/h4,7-8,10-11,13-14,24,27H,1,5-6,9,12,15-23H2,2-3H3/t24-,27-/m1/s1. The maximum absolute atomic E-state index is 12.7. The third-order valence-corrected chi connectivity index (χ3v) is 10.6. The van der Waals surface area contributed by atoms with Crippen molar-refractivity contribution in [2.75, 3.05) is 49.6 Å².